The van der Waals surface area contributed by atoms with Gasteiger partial charge in [0.1, 0.15) is 5.69 Å². The van der Waals surface area contributed by atoms with Crippen molar-refractivity contribution in [1.29, 1.82) is 0 Å². The number of esters is 1. The lowest BCUT2D eigenvalue weighted by Crippen LogP contribution is -2.16. The van der Waals surface area contributed by atoms with Gasteiger partial charge in [0, 0.05) is 32.1 Å². The third-order valence-electron chi connectivity index (χ3n) is 2.72. The molecule has 0 bridgehead atoms. The molecule has 94 valence electrons. The van der Waals surface area contributed by atoms with Crippen LogP contribution in [0.2, 0.25) is 0 Å². The summed E-state index contributed by atoms with van der Waals surface area (Å²) in [5, 5.41) is 0. The molecule has 0 N–H and O–H groups in total. The molecule has 0 unspecified atom stereocenters. The van der Waals surface area contributed by atoms with Gasteiger partial charge in [0.15, 0.2) is 0 Å². The van der Waals surface area contributed by atoms with Gasteiger partial charge in [-0.25, -0.2) is 4.79 Å². The van der Waals surface area contributed by atoms with Crippen LogP contribution in [0.15, 0.2) is 41.5 Å². The lowest BCUT2D eigenvalue weighted by molar-refractivity contribution is 0.0589. The number of aromatic nitrogens is 2. The summed E-state index contributed by atoms with van der Waals surface area (Å²) in [6, 6.07) is 6.75. The first-order valence-corrected chi connectivity index (χ1v) is 5.51. The molecule has 0 saturated heterocycles. The maximum absolute atomic E-state index is 11.5. The Morgan fingerprint density at radius 2 is 2.11 bits per heavy atom. The Morgan fingerprint density at radius 3 is 2.78 bits per heavy atom. The minimum Gasteiger partial charge on any atom is -0.464 e. The van der Waals surface area contributed by atoms with Crippen molar-refractivity contribution in [1.82, 2.24) is 9.13 Å². The number of nitrogens with zero attached hydrogens (tertiary/aromatic N) is 2. The summed E-state index contributed by atoms with van der Waals surface area (Å²) in [4.78, 5) is 22.8. The number of pyridine rings is 1. The summed E-state index contributed by atoms with van der Waals surface area (Å²) >= 11 is 0. The van der Waals surface area contributed by atoms with Crippen molar-refractivity contribution in [2.45, 2.75) is 6.54 Å². The maximum Gasteiger partial charge on any atom is 0.354 e. The minimum absolute atomic E-state index is 0.0561. The van der Waals surface area contributed by atoms with E-state index in [1.54, 1.807) is 42.2 Å². The first-order valence-electron chi connectivity index (χ1n) is 5.51. The summed E-state index contributed by atoms with van der Waals surface area (Å²) in [5.74, 6) is -0.371. The average Bonchev–Trinajstić information content (AvgIpc) is 2.81. The van der Waals surface area contributed by atoms with Crippen molar-refractivity contribution in [2.75, 3.05) is 7.11 Å². The van der Waals surface area contributed by atoms with E-state index in [1.807, 2.05) is 0 Å². The second-order valence-electron chi connectivity index (χ2n) is 4.00. The molecule has 2 heterocycles. The van der Waals surface area contributed by atoms with E-state index in [4.69, 9.17) is 4.74 Å². The molecule has 0 aromatic carbocycles. The van der Waals surface area contributed by atoms with Gasteiger partial charge in [0.05, 0.1) is 7.11 Å². The highest BCUT2D eigenvalue weighted by Gasteiger charge is 2.10. The van der Waals surface area contributed by atoms with E-state index in [9.17, 15) is 9.59 Å². The van der Waals surface area contributed by atoms with Gasteiger partial charge in [-0.15, -0.1) is 0 Å². The van der Waals surface area contributed by atoms with E-state index in [0.29, 0.717) is 12.2 Å². The highest BCUT2D eigenvalue weighted by molar-refractivity contribution is 5.87. The van der Waals surface area contributed by atoms with E-state index >= 15 is 0 Å². The molecule has 0 atom stereocenters. The summed E-state index contributed by atoms with van der Waals surface area (Å²) in [7, 11) is 3.05. The number of methoxy groups -OCH3 is 1. The predicted octanol–water partition coefficient (Wildman–Crippen LogP) is 1.02. The van der Waals surface area contributed by atoms with Gasteiger partial charge < -0.3 is 13.9 Å². The lowest BCUT2D eigenvalue weighted by Gasteiger charge is -2.08. The van der Waals surface area contributed by atoms with E-state index < -0.39 is 0 Å². The van der Waals surface area contributed by atoms with Crippen molar-refractivity contribution in [2.24, 2.45) is 7.05 Å². The van der Waals surface area contributed by atoms with Crippen LogP contribution >= 0.6 is 0 Å². The smallest absolute Gasteiger partial charge is 0.354 e. The molecule has 0 saturated carbocycles. The Hall–Kier alpha value is -2.30. The van der Waals surface area contributed by atoms with Crippen molar-refractivity contribution < 1.29 is 9.53 Å². The van der Waals surface area contributed by atoms with Crippen LogP contribution in [-0.4, -0.2) is 22.2 Å². The van der Waals surface area contributed by atoms with Gasteiger partial charge in [-0.1, -0.05) is 6.07 Å². The van der Waals surface area contributed by atoms with Crippen molar-refractivity contribution in [3.05, 3.63) is 58.3 Å². The van der Waals surface area contributed by atoms with Crippen molar-refractivity contribution >= 4 is 5.97 Å². The normalized spacial score (nSPS) is 10.3. The van der Waals surface area contributed by atoms with Crippen LogP contribution in [0.1, 0.15) is 16.1 Å². The van der Waals surface area contributed by atoms with Crippen molar-refractivity contribution in [3.8, 4) is 0 Å². The Balaban J connectivity index is 2.29. The van der Waals surface area contributed by atoms with Gasteiger partial charge in [0.2, 0.25) is 5.56 Å². The van der Waals surface area contributed by atoms with Crippen LogP contribution in [0.4, 0.5) is 0 Å². The van der Waals surface area contributed by atoms with Crippen LogP contribution in [0.5, 0.6) is 0 Å². The second kappa shape index (κ2) is 4.91. The quantitative estimate of drug-likeness (QED) is 0.760. The molecule has 0 radical (unpaired) electrons. The summed E-state index contributed by atoms with van der Waals surface area (Å²) in [5.41, 5.74) is 1.38. The Labute approximate surface area is 104 Å². The highest BCUT2D eigenvalue weighted by atomic mass is 16.5. The fourth-order valence-corrected chi connectivity index (χ4v) is 1.78. The lowest BCUT2D eigenvalue weighted by atomic mass is 10.2. The molecule has 0 spiro atoms. The summed E-state index contributed by atoms with van der Waals surface area (Å²) < 4.78 is 7.99. The van der Waals surface area contributed by atoms with Crippen LogP contribution in [0.3, 0.4) is 0 Å². The standard InChI is InChI=1S/C13H14N2O3/c1-14-8-10(5-6-12(14)16)9-15-7-3-4-11(15)13(17)18-2/h3-8H,9H2,1-2H3. The Bertz CT molecular complexity index is 625. The van der Waals surface area contributed by atoms with E-state index in [2.05, 4.69) is 0 Å². The zero-order valence-electron chi connectivity index (χ0n) is 10.3. The van der Waals surface area contributed by atoms with E-state index in [1.165, 1.54) is 17.7 Å². The number of aryl methyl sites for hydroxylation is 1. The molecular formula is C13H14N2O3. The maximum atomic E-state index is 11.5. The molecule has 2 aromatic rings. The summed E-state index contributed by atoms with van der Waals surface area (Å²) in [6.07, 6.45) is 3.56. The first-order chi connectivity index (χ1) is 8.61. The largest absolute Gasteiger partial charge is 0.464 e. The molecule has 0 aliphatic heterocycles. The fraction of sp³-hybridized carbons (Fsp3) is 0.231. The molecule has 0 fully saturated rings. The predicted molar refractivity (Wildman–Crippen MR) is 66.6 cm³/mol. The first kappa shape index (κ1) is 12.2. The third kappa shape index (κ3) is 2.34. The van der Waals surface area contributed by atoms with Crippen LogP contribution < -0.4 is 5.56 Å². The monoisotopic (exact) mass is 246 g/mol. The SMILES string of the molecule is COC(=O)c1cccn1Cc1ccc(=O)n(C)c1. The third-order valence-corrected chi connectivity index (χ3v) is 2.72. The number of carbonyl (C=O) groups excluding carboxylic acids is 1. The van der Waals surface area contributed by atoms with Gasteiger partial charge in [-0.3, -0.25) is 4.79 Å². The van der Waals surface area contributed by atoms with Gasteiger partial charge >= 0.3 is 5.97 Å². The molecule has 2 rings (SSSR count). The topological polar surface area (TPSA) is 53.2 Å². The highest BCUT2D eigenvalue weighted by Crippen LogP contribution is 2.07. The molecule has 18 heavy (non-hydrogen) atoms. The number of rotatable bonds is 3. The number of hydrogen-bond acceptors (Lipinski definition) is 3. The Morgan fingerprint density at radius 1 is 1.33 bits per heavy atom. The fourth-order valence-electron chi connectivity index (χ4n) is 1.78. The van der Waals surface area contributed by atoms with Crippen LogP contribution in [0.25, 0.3) is 0 Å². The van der Waals surface area contributed by atoms with E-state index in [-0.39, 0.29) is 11.5 Å². The molecule has 0 aliphatic carbocycles. The number of ether oxygens (including phenoxy) is 1. The van der Waals surface area contributed by atoms with Crippen LogP contribution in [0, 0.1) is 0 Å². The zero-order valence-corrected chi connectivity index (χ0v) is 10.3. The van der Waals surface area contributed by atoms with Crippen molar-refractivity contribution in [3.63, 3.8) is 0 Å². The molecule has 2 aromatic heterocycles. The molecule has 5 heteroatoms. The van der Waals surface area contributed by atoms with Gasteiger partial charge in [-0.05, 0) is 17.7 Å². The molecule has 0 amide bonds. The van der Waals surface area contributed by atoms with Gasteiger partial charge in [-0.2, -0.15) is 0 Å². The Kier molecular flexibility index (Phi) is 3.32. The second-order valence-corrected chi connectivity index (χ2v) is 4.00. The van der Waals surface area contributed by atoms with Crippen LogP contribution in [-0.2, 0) is 18.3 Å². The molecule has 5 nitrogen and oxygen atoms in total. The number of carbonyl (C=O) groups is 1. The molecular weight excluding hydrogens is 232 g/mol. The molecule has 0 aliphatic rings. The number of hydrogen-bond donors (Lipinski definition) is 0. The summed E-state index contributed by atoms with van der Waals surface area (Å²) in [6.45, 7) is 0.519. The average molecular weight is 246 g/mol. The van der Waals surface area contributed by atoms with Gasteiger partial charge in [0.25, 0.3) is 0 Å². The van der Waals surface area contributed by atoms with E-state index in [0.717, 1.165) is 5.56 Å². The zero-order chi connectivity index (χ0) is 13.1. The minimum atomic E-state index is -0.371.